The van der Waals surface area contributed by atoms with Crippen LogP contribution in [0.5, 0.6) is 0 Å². The van der Waals surface area contributed by atoms with Crippen molar-refractivity contribution in [2.45, 2.75) is 52.5 Å². The summed E-state index contributed by atoms with van der Waals surface area (Å²) in [4.78, 5) is 8.69. The summed E-state index contributed by atoms with van der Waals surface area (Å²) in [5.74, 6) is 1.64. The van der Waals surface area contributed by atoms with E-state index in [4.69, 9.17) is 0 Å². The van der Waals surface area contributed by atoms with Crippen LogP contribution in [0.15, 0.2) is 12.3 Å². The molecule has 0 bridgehead atoms. The van der Waals surface area contributed by atoms with Gasteiger partial charge < -0.3 is 10.6 Å². The Morgan fingerprint density at radius 1 is 1.39 bits per heavy atom. The fourth-order valence-electron chi connectivity index (χ4n) is 2.62. The molecule has 1 aliphatic carbocycles. The maximum atomic E-state index is 4.49. The Balaban J connectivity index is 2.06. The molecule has 1 heterocycles. The Labute approximate surface area is 110 Å². The third-order valence-corrected chi connectivity index (χ3v) is 3.82. The fourth-order valence-corrected chi connectivity index (χ4v) is 2.62. The third kappa shape index (κ3) is 3.12. The van der Waals surface area contributed by atoms with Crippen LogP contribution in [0.4, 0.5) is 11.8 Å². The van der Waals surface area contributed by atoms with Crippen LogP contribution in [0.25, 0.3) is 0 Å². The Kier molecular flexibility index (Phi) is 4.04. The lowest BCUT2D eigenvalue weighted by Crippen LogP contribution is -2.39. The summed E-state index contributed by atoms with van der Waals surface area (Å²) >= 11 is 0. The molecule has 0 amide bonds. The smallest absolute Gasteiger partial charge is 0.224 e. The molecule has 18 heavy (non-hydrogen) atoms. The molecule has 4 nitrogen and oxygen atoms in total. The van der Waals surface area contributed by atoms with Gasteiger partial charge in [-0.25, -0.2) is 4.98 Å². The topological polar surface area (TPSA) is 49.8 Å². The van der Waals surface area contributed by atoms with E-state index in [0.29, 0.717) is 17.4 Å². The molecule has 1 unspecified atom stereocenters. The molecule has 1 aliphatic rings. The van der Waals surface area contributed by atoms with Gasteiger partial charge in [0, 0.05) is 18.8 Å². The van der Waals surface area contributed by atoms with Gasteiger partial charge in [0.25, 0.3) is 0 Å². The molecule has 100 valence electrons. The van der Waals surface area contributed by atoms with Crippen LogP contribution in [0.2, 0.25) is 0 Å². The summed E-state index contributed by atoms with van der Waals surface area (Å²) < 4.78 is 0. The van der Waals surface area contributed by atoms with Gasteiger partial charge in [0.1, 0.15) is 5.82 Å². The van der Waals surface area contributed by atoms with E-state index in [0.717, 1.165) is 12.4 Å². The van der Waals surface area contributed by atoms with Gasteiger partial charge in [-0.3, -0.25) is 0 Å². The molecule has 4 heteroatoms. The van der Waals surface area contributed by atoms with Gasteiger partial charge in [0.05, 0.1) is 0 Å². The lowest BCUT2D eigenvalue weighted by atomic mass is 9.73. The summed E-state index contributed by atoms with van der Waals surface area (Å²) in [5, 5.41) is 6.72. The monoisotopic (exact) mass is 248 g/mol. The molecular formula is C14H24N4. The van der Waals surface area contributed by atoms with Crippen LogP contribution in [0, 0.1) is 5.41 Å². The number of hydrogen-bond donors (Lipinski definition) is 2. The van der Waals surface area contributed by atoms with E-state index >= 15 is 0 Å². The van der Waals surface area contributed by atoms with Crippen molar-refractivity contribution in [3.05, 3.63) is 12.3 Å². The molecule has 0 spiro atoms. The van der Waals surface area contributed by atoms with Crippen LogP contribution >= 0.6 is 0 Å². The highest BCUT2D eigenvalue weighted by atomic mass is 15.1. The average Bonchev–Trinajstić information content (AvgIpc) is 2.33. The Hall–Kier alpha value is -1.32. The predicted octanol–water partition coefficient (Wildman–Crippen LogP) is 3.29. The van der Waals surface area contributed by atoms with E-state index in [1.807, 2.05) is 19.2 Å². The molecule has 0 aliphatic heterocycles. The van der Waals surface area contributed by atoms with Crippen molar-refractivity contribution >= 4 is 11.8 Å². The molecule has 1 fully saturated rings. The van der Waals surface area contributed by atoms with Crippen LogP contribution in [0.3, 0.4) is 0 Å². The SMILES string of the molecule is CCNc1nccc(NC2CCCCC2(C)C)n1. The number of rotatable bonds is 4. The highest BCUT2D eigenvalue weighted by Crippen LogP contribution is 2.36. The fraction of sp³-hybridized carbons (Fsp3) is 0.714. The molecule has 0 radical (unpaired) electrons. The van der Waals surface area contributed by atoms with Gasteiger partial charge in [-0.05, 0) is 31.2 Å². The van der Waals surface area contributed by atoms with E-state index in [-0.39, 0.29) is 0 Å². The number of aromatic nitrogens is 2. The largest absolute Gasteiger partial charge is 0.367 e. The molecule has 0 aromatic carbocycles. The lowest BCUT2D eigenvalue weighted by molar-refractivity contribution is 0.216. The average molecular weight is 248 g/mol. The molecule has 2 rings (SSSR count). The van der Waals surface area contributed by atoms with E-state index in [2.05, 4.69) is 34.4 Å². The van der Waals surface area contributed by atoms with Crippen LogP contribution in [-0.2, 0) is 0 Å². The molecule has 1 atom stereocenters. The van der Waals surface area contributed by atoms with Gasteiger partial charge >= 0.3 is 0 Å². The van der Waals surface area contributed by atoms with Crippen LogP contribution < -0.4 is 10.6 Å². The normalized spacial score (nSPS) is 22.5. The second kappa shape index (κ2) is 5.55. The van der Waals surface area contributed by atoms with E-state index in [1.165, 1.54) is 25.7 Å². The Bertz CT molecular complexity index is 389. The van der Waals surface area contributed by atoms with Crippen molar-refractivity contribution in [1.29, 1.82) is 0 Å². The number of anilines is 2. The van der Waals surface area contributed by atoms with E-state index in [1.54, 1.807) is 0 Å². The first kappa shape index (κ1) is 13.1. The second-order valence-electron chi connectivity index (χ2n) is 5.73. The Morgan fingerprint density at radius 3 is 2.94 bits per heavy atom. The van der Waals surface area contributed by atoms with Crippen molar-refractivity contribution in [3.63, 3.8) is 0 Å². The minimum Gasteiger partial charge on any atom is -0.367 e. The van der Waals surface area contributed by atoms with Crippen molar-refractivity contribution in [3.8, 4) is 0 Å². The zero-order valence-electron chi connectivity index (χ0n) is 11.7. The van der Waals surface area contributed by atoms with E-state index in [9.17, 15) is 0 Å². The molecular weight excluding hydrogens is 224 g/mol. The van der Waals surface area contributed by atoms with Crippen molar-refractivity contribution in [2.75, 3.05) is 17.2 Å². The van der Waals surface area contributed by atoms with E-state index < -0.39 is 0 Å². The summed E-state index contributed by atoms with van der Waals surface area (Å²) in [7, 11) is 0. The second-order valence-corrected chi connectivity index (χ2v) is 5.73. The van der Waals surface area contributed by atoms with Gasteiger partial charge in [0.2, 0.25) is 5.95 Å². The first-order valence-corrected chi connectivity index (χ1v) is 6.95. The quantitative estimate of drug-likeness (QED) is 0.858. The molecule has 1 saturated carbocycles. The van der Waals surface area contributed by atoms with Gasteiger partial charge in [-0.2, -0.15) is 4.98 Å². The van der Waals surface area contributed by atoms with Crippen molar-refractivity contribution in [1.82, 2.24) is 9.97 Å². The van der Waals surface area contributed by atoms with Gasteiger partial charge in [-0.15, -0.1) is 0 Å². The van der Waals surface area contributed by atoms with Crippen molar-refractivity contribution < 1.29 is 0 Å². The van der Waals surface area contributed by atoms with Crippen LogP contribution in [-0.4, -0.2) is 22.6 Å². The zero-order chi connectivity index (χ0) is 13.0. The predicted molar refractivity (Wildman–Crippen MR) is 75.9 cm³/mol. The minimum absolute atomic E-state index is 0.349. The molecule has 0 saturated heterocycles. The maximum absolute atomic E-state index is 4.49. The summed E-state index contributed by atoms with van der Waals surface area (Å²) in [6.07, 6.45) is 6.98. The standard InChI is InChI=1S/C14H24N4/c1-4-15-13-16-10-8-12(18-13)17-11-7-5-6-9-14(11,2)3/h8,10-11H,4-7,9H2,1-3H3,(H2,15,16,17,18). The number of nitrogens with zero attached hydrogens (tertiary/aromatic N) is 2. The molecule has 2 N–H and O–H groups in total. The first-order chi connectivity index (χ1) is 8.62. The summed E-state index contributed by atoms with van der Waals surface area (Å²) in [6.45, 7) is 7.58. The zero-order valence-corrected chi connectivity index (χ0v) is 11.7. The Morgan fingerprint density at radius 2 is 2.22 bits per heavy atom. The maximum Gasteiger partial charge on any atom is 0.224 e. The van der Waals surface area contributed by atoms with Crippen LogP contribution in [0.1, 0.15) is 46.5 Å². The molecule has 1 aromatic rings. The highest BCUT2D eigenvalue weighted by molar-refractivity contribution is 5.40. The number of hydrogen-bond acceptors (Lipinski definition) is 4. The highest BCUT2D eigenvalue weighted by Gasteiger charge is 2.32. The van der Waals surface area contributed by atoms with Gasteiger partial charge in [0.15, 0.2) is 0 Å². The van der Waals surface area contributed by atoms with Crippen molar-refractivity contribution in [2.24, 2.45) is 5.41 Å². The molecule has 1 aromatic heterocycles. The third-order valence-electron chi connectivity index (χ3n) is 3.82. The summed E-state index contributed by atoms with van der Waals surface area (Å²) in [5.41, 5.74) is 0.349. The first-order valence-electron chi connectivity index (χ1n) is 6.95. The number of nitrogens with one attached hydrogen (secondary N) is 2. The van der Waals surface area contributed by atoms with Gasteiger partial charge in [-0.1, -0.05) is 26.7 Å². The summed E-state index contributed by atoms with van der Waals surface area (Å²) in [6, 6.07) is 2.46. The minimum atomic E-state index is 0.349. The lowest BCUT2D eigenvalue weighted by Gasteiger charge is -2.39.